The van der Waals surface area contributed by atoms with Crippen LogP contribution in [0.4, 0.5) is 8.78 Å². The molecule has 0 bridgehead atoms. The maximum atomic E-state index is 11.6. The number of rotatable bonds is 2. The van der Waals surface area contributed by atoms with E-state index in [0.717, 1.165) is 0 Å². The third kappa shape index (κ3) is 3.87. The summed E-state index contributed by atoms with van der Waals surface area (Å²) in [6, 6.07) is 0. The van der Waals surface area contributed by atoms with Gasteiger partial charge in [-0.25, -0.2) is 0 Å². The Balaban J connectivity index is 0.000000671. The van der Waals surface area contributed by atoms with Crippen LogP contribution in [0, 0.1) is 6.92 Å². The highest BCUT2D eigenvalue weighted by molar-refractivity contribution is 5.20. The first-order valence-corrected chi connectivity index (χ1v) is 4.04. The lowest BCUT2D eigenvalue weighted by atomic mass is 10.4. The fraction of sp³-hybridized carbons (Fsp3) is 0.625. The highest BCUT2D eigenvalue weighted by atomic mass is 19.3. The molecule has 0 radical (unpaired) electrons. The topological polar surface area (TPSA) is 27.1 Å². The summed E-state index contributed by atoms with van der Waals surface area (Å²) in [5.41, 5.74) is 0.604. The van der Waals surface area contributed by atoms with Crippen LogP contribution in [0.5, 0.6) is 5.88 Å². The average molecular weight is 192 g/mol. The Morgan fingerprint density at radius 3 is 2.31 bits per heavy atom. The zero-order valence-electron chi connectivity index (χ0n) is 8.21. The van der Waals surface area contributed by atoms with Crippen molar-refractivity contribution >= 4 is 0 Å². The molecule has 0 unspecified atom stereocenters. The zero-order chi connectivity index (χ0) is 10.4. The van der Waals surface area contributed by atoms with Gasteiger partial charge in [-0.2, -0.15) is 8.78 Å². The summed E-state index contributed by atoms with van der Waals surface area (Å²) in [4.78, 5) is 0. The number of hydrogen-bond donors (Lipinski definition) is 0. The summed E-state index contributed by atoms with van der Waals surface area (Å²) in [5.74, 6) is -0.0116. The Hall–Kier alpha value is -1.13. The minimum Gasteiger partial charge on any atom is -0.415 e. The van der Waals surface area contributed by atoms with E-state index in [0.29, 0.717) is 5.56 Å². The molecule has 0 aliphatic rings. The van der Waals surface area contributed by atoms with E-state index in [1.165, 1.54) is 4.68 Å². The first-order chi connectivity index (χ1) is 6.09. The summed E-state index contributed by atoms with van der Waals surface area (Å²) < 4.78 is 28.8. The van der Waals surface area contributed by atoms with Crippen molar-refractivity contribution in [3.05, 3.63) is 11.8 Å². The summed E-state index contributed by atoms with van der Waals surface area (Å²) in [5, 5.41) is 3.66. The molecule has 76 valence electrons. The van der Waals surface area contributed by atoms with Crippen molar-refractivity contribution in [2.45, 2.75) is 27.4 Å². The van der Waals surface area contributed by atoms with E-state index in [1.54, 1.807) is 20.2 Å². The standard InChI is InChI=1S/C6H8F2N2O.C2H6/c1-4-3-10(2)9-5(4)11-6(7)8;1-2/h3,6H,1-2H3;1-2H3. The molecule has 0 aromatic carbocycles. The molecule has 1 heterocycles. The maximum Gasteiger partial charge on any atom is 0.388 e. The summed E-state index contributed by atoms with van der Waals surface area (Å²) in [6.07, 6.45) is 1.61. The van der Waals surface area contributed by atoms with E-state index >= 15 is 0 Å². The number of alkyl halides is 2. The number of halogens is 2. The molecule has 13 heavy (non-hydrogen) atoms. The van der Waals surface area contributed by atoms with Gasteiger partial charge in [0.2, 0.25) is 5.88 Å². The smallest absolute Gasteiger partial charge is 0.388 e. The van der Waals surface area contributed by atoms with E-state index in [9.17, 15) is 8.78 Å². The largest absolute Gasteiger partial charge is 0.415 e. The normalized spacial score (nSPS) is 9.46. The van der Waals surface area contributed by atoms with Gasteiger partial charge in [-0.3, -0.25) is 4.68 Å². The summed E-state index contributed by atoms with van der Waals surface area (Å²) >= 11 is 0. The van der Waals surface area contributed by atoms with Crippen LogP contribution in [0.25, 0.3) is 0 Å². The van der Waals surface area contributed by atoms with Crippen molar-refractivity contribution in [3.63, 3.8) is 0 Å². The minimum atomic E-state index is -2.80. The average Bonchev–Trinajstić information content (AvgIpc) is 2.33. The lowest BCUT2D eigenvalue weighted by molar-refractivity contribution is -0.0535. The molecule has 0 N–H and O–H groups in total. The SMILES string of the molecule is CC.Cc1cn(C)nc1OC(F)F. The van der Waals surface area contributed by atoms with Crippen LogP contribution >= 0.6 is 0 Å². The monoisotopic (exact) mass is 192 g/mol. The number of aromatic nitrogens is 2. The van der Waals surface area contributed by atoms with Crippen molar-refractivity contribution in [2.24, 2.45) is 7.05 Å². The van der Waals surface area contributed by atoms with Crippen molar-refractivity contribution in [1.82, 2.24) is 9.78 Å². The van der Waals surface area contributed by atoms with Crippen molar-refractivity contribution in [3.8, 4) is 5.88 Å². The van der Waals surface area contributed by atoms with E-state index in [4.69, 9.17) is 0 Å². The van der Waals surface area contributed by atoms with Gasteiger partial charge in [-0.05, 0) is 6.92 Å². The predicted octanol–water partition coefficient (Wildman–Crippen LogP) is 2.36. The van der Waals surface area contributed by atoms with Crippen molar-refractivity contribution < 1.29 is 13.5 Å². The lowest BCUT2D eigenvalue weighted by Gasteiger charge is -1.99. The van der Waals surface area contributed by atoms with Crippen molar-refractivity contribution in [1.29, 1.82) is 0 Å². The molecule has 0 atom stereocenters. The molecule has 0 amide bonds. The molecular weight excluding hydrogens is 178 g/mol. The molecule has 1 rings (SSSR count). The first kappa shape index (κ1) is 11.9. The Labute approximate surface area is 76.3 Å². The summed E-state index contributed by atoms with van der Waals surface area (Å²) in [7, 11) is 1.64. The van der Waals surface area contributed by atoms with Gasteiger partial charge in [0.15, 0.2) is 0 Å². The lowest BCUT2D eigenvalue weighted by Crippen LogP contribution is -2.03. The van der Waals surface area contributed by atoms with E-state index in [-0.39, 0.29) is 5.88 Å². The van der Waals surface area contributed by atoms with E-state index < -0.39 is 6.61 Å². The van der Waals surface area contributed by atoms with Crippen LogP contribution in [0.3, 0.4) is 0 Å². The van der Waals surface area contributed by atoms with Gasteiger partial charge in [0.1, 0.15) is 0 Å². The van der Waals surface area contributed by atoms with Gasteiger partial charge in [-0.15, -0.1) is 5.10 Å². The van der Waals surface area contributed by atoms with Gasteiger partial charge in [-0.1, -0.05) is 13.8 Å². The quantitative estimate of drug-likeness (QED) is 0.719. The molecule has 0 fully saturated rings. The third-order valence-corrected chi connectivity index (χ3v) is 1.17. The van der Waals surface area contributed by atoms with E-state index in [1.807, 2.05) is 13.8 Å². The Morgan fingerprint density at radius 2 is 2.00 bits per heavy atom. The van der Waals surface area contributed by atoms with Crippen LogP contribution in [-0.4, -0.2) is 16.4 Å². The molecule has 0 spiro atoms. The van der Waals surface area contributed by atoms with Gasteiger partial charge in [0.25, 0.3) is 0 Å². The molecular formula is C8H14F2N2O. The molecule has 1 aromatic rings. The van der Waals surface area contributed by atoms with Crippen molar-refractivity contribution in [2.75, 3.05) is 0 Å². The molecule has 5 heteroatoms. The van der Waals surface area contributed by atoms with Crippen LogP contribution in [0.2, 0.25) is 0 Å². The third-order valence-electron chi connectivity index (χ3n) is 1.17. The Bertz CT molecular complexity index is 248. The fourth-order valence-corrected chi connectivity index (χ4v) is 0.787. The van der Waals surface area contributed by atoms with Crippen LogP contribution in [0.1, 0.15) is 19.4 Å². The number of aryl methyl sites for hydroxylation is 2. The van der Waals surface area contributed by atoms with Gasteiger partial charge >= 0.3 is 6.61 Å². The maximum absolute atomic E-state index is 11.6. The minimum absolute atomic E-state index is 0.0116. The van der Waals surface area contributed by atoms with E-state index in [2.05, 4.69) is 9.84 Å². The second-order valence-corrected chi connectivity index (χ2v) is 2.17. The highest BCUT2D eigenvalue weighted by Crippen LogP contribution is 2.15. The van der Waals surface area contributed by atoms with Gasteiger partial charge < -0.3 is 4.74 Å². The molecule has 1 aromatic heterocycles. The van der Waals surface area contributed by atoms with Gasteiger partial charge in [0.05, 0.1) is 0 Å². The number of nitrogens with zero attached hydrogens (tertiary/aromatic N) is 2. The molecule has 0 aliphatic carbocycles. The second kappa shape index (κ2) is 5.50. The second-order valence-electron chi connectivity index (χ2n) is 2.17. The fourth-order valence-electron chi connectivity index (χ4n) is 0.787. The Morgan fingerprint density at radius 1 is 1.46 bits per heavy atom. The van der Waals surface area contributed by atoms with Crippen LogP contribution in [-0.2, 0) is 7.05 Å². The molecule has 0 aliphatic heterocycles. The predicted molar refractivity (Wildman–Crippen MR) is 45.9 cm³/mol. The zero-order valence-corrected chi connectivity index (χ0v) is 8.21. The summed E-state index contributed by atoms with van der Waals surface area (Å²) in [6.45, 7) is 2.86. The van der Waals surface area contributed by atoms with Gasteiger partial charge in [0, 0.05) is 18.8 Å². The Kier molecular flexibility index (Phi) is 5.03. The highest BCUT2D eigenvalue weighted by Gasteiger charge is 2.09. The molecule has 0 saturated carbocycles. The number of ether oxygens (including phenoxy) is 1. The first-order valence-electron chi connectivity index (χ1n) is 4.04. The van der Waals surface area contributed by atoms with Crippen LogP contribution < -0.4 is 4.74 Å². The van der Waals surface area contributed by atoms with Crippen LogP contribution in [0.15, 0.2) is 6.20 Å². The number of hydrogen-bond acceptors (Lipinski definition) is 2. The molecule has 3 nitrogen and oxygen atoms in total. The molecule has 0 saturated heterocycles.